The molecule has 1 heterocycles. The van der Waals surface area contributed by atoms with Gasteiger partial charge in [0.25, 0.3) is 0 Å². The highest BCUT2D eigenvalue weighted by Crippen LogP contribution is 2.49. The molecule has 1 nitrogen and oxygen atoms in total. The van der Waals surface area contributed by atoms with Crippen molar-refractivity contribution in [3.8, 4) is 0 Å². The van der Waals surface area contributed by atoms with Crippen molar-refractivity contribution in [1.29, 1.82) is 0 Å². The van der Waals surface area contributed by atoms with E-state index in [0.717, 1.165) is 17.9 Å². The predicted octanol–water partition coefficient (Wildman–Crippen LogP) is 4.53. The quantitative estimate of drug-likeness (QED) is 0.621. The smallest absolute Gasteiger partial charge is 0.134 e. The number of hydrogen-bond donors (Lipinski definition) is 0. The molecule has 0 N–H and O–H groups in total. The summed E-state index contributed by atoms with van der Waals surface area (Å²) in [6.07, 6.45) is 6.41. The molecular formula is C13H15Cl2N. The standard InChI is InChI=1S/C13H15Cl2N/c1-7-9-6-5-8-3-2-4-10(8)11(9)13(15)16-12(7)14/h8,10H,2-6H2,1H3/t8-,10+/m1/s1. The first-order valence-corrected chi connectivity index (χ1v) is 6.78. The molecule has 0 bridgehead atoms. The molecule has 0 aliphatic heterocycles. The summed E-state index contributed by atoms with van der Waals surface area (Å²) in [5.74, 6) is 1.49. The van der Waals surface area contributed by atoms with Crippen LogP contribution in [0.1, 0.15) is 48.3 Å². The van der Waals surface area contributed by atoms with Gasteiger partial charge in [0.2, 0.25) is 0 Å². The lowest BCUT2D eigenvalue weighted by atomic mass is 9.77. The van der Waals surface area contributed by atoms with Crippen molar-refractivity contribution in [2.45, 2.75) is 44.9 Å². The van der Waals surface area contributed by atoms with E-state index < -0.39 is 0 Å². The number of pyridine rings is 1. The predicted molar refractivity (Wildman–Crippen MR) is 67.4 cm³/mol. The fourth-order valence-electron chi connectivity index (χ4n) is 3.47. The van der Waals surface area contributed by atoms with Crippen LogP contribution in [-0.4, -0.2) is 4.98 Å². The minimum absolute atomic E-state index is 0.584. The third kappa shape index (κ3) is 1.48. The molecule has 0 unspecified atom stereocenters. The van der Waals surface area contributed by atoms with Gasteiger partial charge in [-0.15, -0.1) is 0 Å². The van der Waals surface area contributed by atoms with Crippen molar-refractivity contribution >= 4 is 23.2 Å². The summed E-state index contributed by atoms with van der Waals surface area (Å²) in [5, 5.41) is 1.24. The number of rotatable bonds is 0. The van der Waals surface area contributed by atoms with Crippen molar-refractivity contribution in [1.82, 2.24) is 4.98 Å². The van der Waals surface area contributed by atoms with Crippen LogP contribution in [0.4, 0.5) is 0 Å². The lowest BCUT2D eigenvalue weighted by Crippen LogP contribution is -2.18. The highest BCUT2D eigenvalue weighted by Gasteiger charge is 2.36. The van der Waals surface area contributed by atoms with Gasteiger partial charge in [-0.3, -0.25) is 0 Å². The van der Waals surface area contributed by atoms with Crippen molar-refractivity contribution < 1.29 is 0 Å². The lowest BCUT2D eigenvalue weighted by molar-refractivity contribution is 0.421. The molecule has 3 heteroatoms. The number of halogens is 2. The molecule has 0 spiro atoms. The zero-order valence-electron chi connectivity index (χ0n) is 9.39. The van der Waals surface area contributed by atoms with E-state index >= 15 is 0 Å². The van der Waals surface area contributed by atoms with Gasteiger partial charge in [-0.05, 0) is 61.1 Å². The summed E-state index contributed by atoms with van der Waals surface area (Å²) in [5.41, 5.74) is 3.84. The molecule has 86 valence electrons. The minimum atomic E-state index is 0.584. The Kier molecular flexibility index (Phi) is 2.64. The normalized spacial score (nSPS) is 27.7. The fraction of sp³-hybridized carbons (Fsp3) is 0.615. The van der Waals surface area contributed by atoms with Gasteiger partial charge in [0.1, 0.15) is 10.3 Å². The van der Waals surface area contributed by atoms with Crippen molar-refractivity contribution in [3.05, 3.63) is 27.0 Å². The van der Waals surface area contributed by atoms with Crippen LogP contribution >= 0.6 is 23.2 Å². The van der Waals surface area contributed by atoms with Crippen LogP contribution in [0, 0.1) is 12.8 Å². The Bertz CT molecular complexity index is 442. The maximum absolute atomic E-state index is 6.29. The number of nitrogens with zero attached hydrogens (tertiary/aromatic N) is 1. The molecular weight excluding hydrogens is 241 g/mol. The first kappa shape index (κ1) is 10.9. The Morgan fingerprint density at radius 3 is 2.75 bits per heavy atom. The molecule has 0 amide bonds. The van der Waals surface area contributed by atoms with E-state index in [1.54, 1.807) is 0 Å². The topological polar surface area (TPSA) is 12.9 Å². The van der Waals surface area contributed by atoms with Crippen LogP contribution < -0.4 is 0 Å². The molecule has 2 aliphatic rings. The number of fused-ring (bicyclic) bond motifs is 3. The van der Waals surface area contributed by atoms with Crippen LogP contribution in [0.3, 0.4) is 0 Å². The molecule has 0 aromatic carbocycles. The zero-order valence-corrected chi connectivity index (χ0v) is 10.9. The van der Waals surface area contributed by atoms with E-state index in [1.165, 1.54) is 36.8 Å². The molecule has 2 aliphatic carbocycles. The fourth-order valence-corrected chi connectivity index (χ4v) is 4.05. The third-order valence-electron chi connectivity index (χ3n) is 4.30. The molecule has 1 fully saturated rings. The van der Waals surface area contributed by atoms with Gasteiger partial charge in [0, 0.05) is 0 Å². The summed E-state index contributed by atoms with van der Waals surface area (Å²) in [4.78, 5) is 4.28. The molecule has 2 atom stereocenters. The molecule has 1 aromatic heterocycles. The molecule has 0 saturated heterocycles. The second-order valence-corrected chi connectivity index (χ2v) is 5.76. The van der Waals surface area contributed by atoms with Crippen LogP contribution in [0.25, 0.3) is 0 Å². The molecule has 1 saturated carbocycles. The summed E-state index contributed by atoms with van der Waals surface area (Å²) in [7, 11) is 0. The first-order valence-electron chi connectivity index (χ1n) is 6.03. The molecule has 1 aromatic rings. The van der Waals surface area contributed by atoms with Crippen molar-refractivity contribution in [2.75, 3.05) is 0 Å². The van der Waals surface area contributed by atoms with Crippen molar-refractivity contribution in [3.63, 3.8) is 0 Å². The van der Waals surface area contributed by atoms with Gasteiger partial charge >= 0.3 is 0 Å². The SMILES string of the molecule is Cc1c(Cl)nc(Cl)c2c1CC[C@H]1CCC[C@H]21. The first-order chi connectivity index (χ1) is 7.68. The van der Waals surface area contributed by atoms with E-state index in [-0.39, 0.29) is 0 Å². The van der Waals surface area contributed by atoms with Gasteiger partial charge < -0.3 is 0 Å². The third-order valence-corrected chi connectivity index (χ3v) is 4.96. The second kappa shape index (κ2) is 3.89. The van der Waals surface area contributed by atoms with E-state index in [2.05, 4.69) is 11.9 Å². The van der Waals surface area contributed by atoms with Gasteiger partial charge in [-0.1, -0.05) is 29.6 Å². The van der Waals surface area contributed by atoms with E-state index in [9.17, 15) is 0 Å². The summed E-state index contributed by atoms with van der Waals surface area (Å²) in [6.45, 7) is 2.07. The van der Waals surface area contributed by atoms with Crippen LogP contribution in [0.2, 0.25) is 10.3 Å². The number of hydrogen-bond acceptors (Lipinski definition) is 1. The van der Waals surface area contributed by atoms with Crippen molar-refractivity contribution in [2.24, 2.45) is 5.92 Å². The minimum Gasteiger partial charge on any atom is -0.224 e. The molecule has 16 heavy (non-hydrogen) atoms. The Hall–Kier alpha value is -0.270. The monoisotopic (exact) mass is 255 g/mol. The Labute approximate surface area is 106 Å². The van der Waals surface area contributed by atoms with Crippen LogP contribution in [0.15, 0.2) is 0 Å². The number of aromatic nitrogens is 1. The highest BCUT2D eigenvalue weighted by molar-refractivity contribution is 6.33. The molecule has 3 rings (SSSR count). The summed E-state index contributed by atoms with van der Waals surface area (Å²) >= 11 is 12.4. The summed E-state index contributed by atoms with van der Waals surface area (Å²) < 4.78 is 0. The maximum Gasteiger partial charge on any atom is 0.134 e. The maximum atomic E-state index is 6.29. The van der Waals surface area contributed by atoms with Crippen LogP contribution in [-0.2, 0) is 6.42 Å². The highest BCUT2D eigenvalue weighted by atomic mass is 35.5. The molecule has 0 radical (unpaired) electrons. The second-order valence-electron chi connectivity index (χ2n) is 5.05. The van der Waals surface area contributed by atoms with E-state index in [0.29, 0.717) is 16.2 Å². The average molecular weight is 256 g/mol. The Morgan fingerprint density at radius 2 is 1.94 bits per heavy atom. The Morgan fingerprint density at radius 1 is 1.12 bits per heavy atom. The van der Waals surface area contributed by atoms with Gasteiger partial charge in [0.05, 0.1) is 0 Å². The zero-order chi connectivity index (χ0) is 11.3. The van der Waals surface area contributed by atoms with E-state index in [4.69, 9.17) is 23.2 Å². The van der Waals surface area contributed by atoms with Crippen LogP contribution in [0.5, 0.6) is 0 Å². The Balaban J connectivity index is 2.18. The average Bonchev–Trinajstić information content (AvgIpc) is 2.72. The lowest BCUT2D eigenvalue weighted by Gasteiger charge is -2.30. The van der Waals surface area contributed by atoms with Gasteiger partial charge in [-0.2, -0.15) is 0 Å². The largest absolute Gasteiger partial charge is 0.224 e. The van der Waals surface area contributed by atoms with Gasteiger partial charge in [-0.25, -0.2) is 4.98 Å². The van der Waals surface area contributed by atoms with Gasteiger partial charge in [0.15, 0.2) is 0 Å². The summed E-state index contributed by atoms with van der Waals surface area (Å²) in [6, 6.07) is 0. The van der Waals surface area contributed by atoms with E-state index in [1.807, 2.05) is 0 Å².